The summed E-state index contributed by atoms with van der Waals surface area (Å²) in [4.78, 5) is 15.6. The second-order valence-electron chi connectivity index (χ2n) is 4.91. The number of aliphatic imine (C=N–C) groups is 1. The minimum atomic E-state index is -0.117. The fourth-order valence-electron chi connectivity index (χ4n) is 1.41. The van der Waals surface area contributed by atoms with Crippen LogP contribution in [0.1, 0.15) is 33.6 Å². The van der Waals surface area contributed by atoms with Gasteiger partial charge in [0.1, 0.15) is 0 Å². The van der Waals surface area contributed by atoms with Gasteiger partial charge < -0.3 is 10.1 Å². The quantitative estimate of drug-likeness (QED) is 0.605. The molecule has 1 N–H and O–H groups in total. The fraction of sp³-hybridized carbons (Fsp3) is 0.833. The standard InChI is InChI=1S/C12H22N2O2S/c1-4-16-10(15)6-5-7-13-11-14-8-12(2,3)9-17-11/h4-9H2,1-3H3,(H,13,14). The molecule has 17 heavy (non-hydrogen) atoms. The Morgan fingerprint density at radius 3 is 2.94 bits per heavy atom. The molecule has 4 nitrogen and oxygen atoms in total. The van der Waals surface area contributed by atoms with Crippen LogP contribution in [0.4, 0.5) is 0 Å². The predicted octanol–water partition coefficient (Wildman–Crippen LogP) is 2.05. The van der Waals surface area contributed by atoms with Crippen LogP contribution < -0.4 is 5.32 Å². The Bertz CT molecular complexity index is 290. The predicted molar refractivity (Wildman–Crippen MR) is 72.4 cm³/mol. The van der Waals surface area contributed by atoms with Gasteiger partial charge in [0.25, 0.3) is 0 Å². The van der Waals surface area contributed by atoms with Crippen molar-refractivity contribution in [3.63, 3.8) is 0 Å². The van der Waals surface area contributed by atoms with Gasteiger partial charge in [-0.2, -0.15) is 0 Å². The van der Waals surface area contributed by atoms with Crippen LogP contribution in [-0.4, -0.2) is 36.6 Å². The molecule has 98 valence electrons. The Kier molecular flexibility index (Phi) is 5.82. The summed E-state index contributed by atoms with van der Waals surface area (Å²) in [5.74, 6) is 0.977. The molecule has 0 bridgehead atoms. The number of carbonyl (C=O) groups excluding carboxylic acids is 1. The maximum absolute atomic E-state index is 11.1. The van der Waals surface area contributed by atoms with Gasteiger partial charge in [-0.3, -0.25) is 9.79 Å². The van der Waals surface area contributed by atoms with E-state index in [2.05, 4.69) is 24.2 Å². The molecule has 0 atom stereocenters. The molecule has 0 unspecified atom stereocenters. The Balaban J connectivity index is 2.12. The van der Waals surface area contributed by atoms with Crippen molar-refractivity contribution < 1.29 is 9.53 Å². The molecule has 0 radical (unpaired) electrons. The molecular weight excluding hydrogens is 236 g/mol. The van der Waals surface area contributed by atoms with Crippen LogP contribution in [0.15, 0.2) is 4.99 Å². The Hall–Kier alpha value is -0.710. The van der Waals surface area contributed by atoms with Crippen molar-refractivity contribution in [2.24, 2.45) is 10.4 Å². The highest BCUT2D eigenvalue weighted by Gasteiger charge is 2.22. The van der Waals surface area contributed by atoms with Gasteiger partial charge in [0.05, 0.1) is 6.61 Å². The van der Waals surface area contributed by atoms with E-state index >= 15 is 0 Å². The van der Waals surface area contributed by atoms with Gasteiger partial charge in [-0.15, -0.1) is 0 Å². The lowest BCUT2D eigenvalue weighted by Crippen LogP contribution is -2.31. The SMILES string of the molecule is CCOC(=O)CCCNC1=NCC(C)(C)CS1. The van der Waals surface area contributed by atoms with Crippen LogP contribution in [0.25, 0.3) is 0 Å². The zero-order valence-electron chi connectivity index (χ0n) is 10.9. The summed E-state index contributed by atoms with van der Waals surface area (Å²) in [5.41, 5.74) is 0.306. The van der Waals surface area contributed by atoms with Gasteiger partial charge in [0.15, 0.2) is 5.17 Å². The second-order valence-corrected chi connectivity index (χ2v) is 5.87. The third kappa shape index (κ3) is 5.96. The molecule has 0 saturated heterocycles. The van der Waals surface area contributed by atoms with Crippen LogP contribution >= 0.6 is 11.8 Å². The molecule has 1 heterocycles. The first kappa shape index (κ1) is 14.4. The zero-order valence-corrected chi connectivity index (χ0v) is 11.7. The molecule has 0 spiro atoms. The lowest BCUT2D eigenvalue weighted by Gasteiger charge is -2.27. The van der Waals surface area contributed by atoms with E-state index in [-0.39, 0.29) is 5.97 Å². The minimum Gasteiger partial charge on any atom is -0.466 e. The number of nitrogens with one attached hydrogen (secondary N) is 1. The first-order valence-corrected chi connectivity index (χ1v) is 7.09. The average Bonchev–Trinajstić information content (AvgIpc) is 2.27. The summed E-state index contributed by atoms with van der Waals surface area (Å²) in [6, 6.07) is 0. The van der Waals surface area contributed by atoms with Crippen molar-refractivity contribution in [3.05, 3.63) is 0 Å². The number of ether oxygens (including phenoxy) is 1. The van der Waals surface area contributed by atoms with Crippen LogP contribution in [-0.2, 0) is 9.53 Å². The highest BCUT2D eigenvalue weighted by atomic mass is 32.2. The van der Waals surface area contributed by atoms with Crippen molar-refractivity contribution in [1.29, 1.82) is 0 Å². The number of nitrogens with zero attached hydrogens (tertiary/aromatic N) is 1. The van der Waals surface area contributed by atoms with Gasteiger partial charge in [-0.25, -0.2) is 0 Å². The Morgan fingerprint density at radius 1 is 1.59 bits per heavy atom. The third-order valence-electron chi connectivity index (χ3n) is 2.39. The smallest absolute Gasteiger partial charge is 0.305 e. The van der Waals surface area contributed by atoms with E-state index in [1.54, 1.807) is 11.8 Å². The number of hydrogen-bond acceptors (Lipinski definition) is 5. The van der Waals surface area contributed by atoms with Gasteiger partial charge in [-0.1, -0.05) is 25.6 Å². The van der Waals surface area contributed by atoms with E-state index in [1.165, 1.54) is 0 Å². The number of hydrogen-bond donors (Lipinski definition) is 1. The Morgan fingerprint density at radius 2 is 2.35 bits per heavy atom. The van der Waals surface area contributed by atoms with Crippen molar-refractivity contribution in [2.75, 3.05) is 25.4 Å². The summed E-state index contributed by atoms with van der Waals surface area (Å²) in [6.07, 6.45) is 1.27. The fourth-order valence-corrected chi connectivity index (χ4v) is 2.39. The number of thioether (sulfide) groups is 1. The van der Waals surface area contributed by atoms with Crippen LogP contribution in [0, 0.1) is 5.41 Å². The van der Waals surface area contributed by atoms with Crippen molar-refractivity contribution >= 4 is 22.9 Å². The monoisotopic (exact) mass is 258 g/mol. The van der Waals surface area contributed by atoms with E-state index < -0.39 is 0 Å². The maximum Gasteiger partial charge on any atom is 0.305 e. The van der Waals surface area contributed by atoms with Crippen molar-refractivity contribution in [3.8, 4) is 0 Å². The van der Waals surface area contributed by atoms with Crippen molar-refractivity contribution in [1.82, 2.24) is 5.32 Å². The van der Waals surface area contributed by atoms with E-state index in [4.69, 9.17) is 4.74 Å². The summed E-state index contributed by atoms with van der Waals surface area (Å²) in [7, 11) is 0. The highest BCUT2D eigenvalue weighted by molar-refractivity contribution is 8.13. The average molecular weight is 258 g/mol. The molecule has 0 aromatic carbocycles. The molecule has 0 aromatic heterocycles. The van der Waals surface area contributed by atoms with Crippen LogP contribution in [0.2, 0.25) is 0 Å². The maximum atomic E-state index is 11.1. The molecular formula is C12H22N2O2S. The minimum absolute atomic E-state index is 0.117. The van der Waals surface area contributed by atoms with Crippen molar-refractivity contribution in [2.45, 2.75) is 33.6 Å². The van der Waals surface area contributed by atoms with Gasteiger partial charge in [0.2, 0.25) is 0 Å². The molecule has 5 heteroatoms. The molecule has 0 aromatic rings. The molecule has 1 aliphatic rings. The number of carbonyl (C=O) groups is 1. The molecule has 1 aliphatic heterocycles. The van der Waals surface area contributed by atoms with Crippen LogP contribution in [0.3, 0.4) is 0 Å². The second kappa shape index (κ2) is 6.89. The number of esters is 1. The molecule has 0 saturated carbocycles. The molecule has 0 fully saturated rings. The summed E-state index contributed by atoms with van der Waals surface area (Å²) >= 11 is 1.76. The van der Waals surface area contributed by atoms with E-state index in [0.717, 1.165) is 30.4 Å². The lowest BCUT2D eigenvalue weighted by atomic mass is 9.97. The summed E-state index contributed by atoms with van der Waals surface area (Å²) < 4.78 is 4.86. The highest BCUT2D eigenvalue weighted by Crippen LogP contribution is 2.26. The van der Waals surface area contributed by atoms with Gasteiger partial charge >= 0.3 is 5.97 Å². The largest absolute Gasteiger partial charge is 0.466 e. The zero-order chi connectivity index (χ0) is 12.7. The number of rotatable bonds is 5. The first-order chi connectivity index (χ1) is 8.03. The topological polar surface area (TPSA) is 50.7 Å². The molecule has 0 amide bonds. The third-order valence-corrected chi connectivity index (χ3v) is 3.86. The summed E-state index contributed by atoms with van der Waals surface area (Å²) in [6.45, 7) is 8.39. The van der Waals surface area contributed by atoms with E-state index in [1.807, 2.05) is 6.92 Å². The molecule has 0 aliphatic carbocycles. The van der Waals surface area contributed by atoms with Gasteiger partial charge in [-0.05, 0) is 18.8 Å². The number of amidine groups is 1. The molecule has 1 rings (SSSR count). The summed E-state index contributed by atoms with van der Waals surface area (Å²) in [5, 5.41) is 4.27. The Labute approximate surface area is 108 Å². The lowest BCUT2D eigenvalue weighted by molar-refractivity contribution is -0.143. The van der Waals surface area contributed by atoms with Crippen LogP contribution in [0.5, 0.6) is 0 Å². The van der Waals surface area contributed by atoms with E-state index in [9.17, 15) is 4.79 Å². The van der Waals surface area contributed by atoms with Gasteiger partial charge in [0, 0.05) is 25.3 Å². The van der Waals surface area contributed by atoms with E-state index in [0.29, 0.717) is 18.4 Å². The first-order valence-electron chi connectivity index (χ1n) is 6.10. The normalized spacial score (nSPS) is 18.4.